The summed E-state index contributed by atoms with van der Waals surface area (Å²) in [6, 6.07) is 11.3. The van der Waals surface area contributed by atoms with Crippen molar-refractivity contribution < 1.29 is 9.32 Å². The lowest BCUT2D eigenvalue weighted by Crippen LogP contribution is -2.31. The molecule has 134 valence electrons. The molecule has 1 fully saturated rings. The predicted octanol–water partition coefficient (Wildman–Crippen LogP) is 3.56. The van der Waals surface area contributed by atoms with E-state index in [4.69, 9.17) is 4.52 Å². The number of carbonyl (C=O) groups is 1. The van der Waals surface area contributed by atoms with Crippen LogP contribution in [-0.4, -0.2) is 37.7 Å². The quantitative estimate of drug-likeness (QED) is 0.776. The lowest BCUT2D eigenvalue weighted by Gasteiger charge is -2.20. The fourth-order valence-corrected chi connectivity index (χ4v) is 3.23. The molecule has 0 radical (unpaired) electrons. The second-order valence-corrected chi connectivity index (χ2v) is 6.84. The van der Waals surface area contributed by atoms with E-state index in [1.807, 2.05) is 36.4 Å². The van der Waals surface area contributed by atoms with Crippen molar-refractivity contribution in [1.82, 2.24) is 25.2 Å². The van der Waals surface area contributed by atoms with Crippen molar-refractivity contribution in [2.24, 2.45) is 0 Å². The molecule has 0 unspecified atom stereocenters. The van der Waals surface area contributed by atoms with Crippen LogP contribution in [0.2, 0.25) is 0 Å². The van der Waals surface area contributed by atoms with Gasteiger partial charge in [-0.2, -0.15) is 10.1 Å². The van der Waals surface area contributed by atoms with Gasteiger partial charge < -0.3 is 9.42 Å². The maximum absolute atomic E-state index is 12.9. The standard InChI is InChI=1S/C19H21N5O2/c1-12(2)14-11-15(22-21-14)19(25)24-10-6-9-16(24)18-20-17(23-26-18)13-7-4-3-5-8-13/h3-5,7-8,11-12,16H,6,9-10H2,1-2H3,(H,21,22)/t16-/m0/s1. The Balaban J connectivity index is 1.57. The first-order valence-electron chi connectivity index (χ1n) is 8.89. The lowest BCUT2D eigenvalue weighted by molar-refractivity contribution is 0.0704. The summed E-state index contributed by atoms with van der Waals surface area (Å²) in [5.41, 5.74) is 2.28. The molecular weight excluding hydrogens is 330 g/mol. The molecule has 4 rings (SSSR count). The Labute approximate surface area is 151 Å². The lowest BCUT2D eigenvalue weighted by atomic mass is 10.1. The topological polar surface area (TPSA) is 87.9 Å². The fraction of sp³-hybridized carbons (Fsp3) is 0.368. The predicted molar refractivity (Wildman–Crippen MR) is 95.4 cm³/mol. The van der Waals surface area contributed by atoms with Crippen molar-refractivity contribution in [3.63, 3.8) is 0 Å². The van der Waals surface area contributed by atoms with Gasteiger partial charge in [-0.15, -0.1) is 0 Å². The zero-order valence-electron chi connectivity index (χ0n) is 14.8. The summed E-state index contributed by atoms with van der Waals surface area (Å²) in [4.78, 5) is 19.2. The molecule has 1 atom stereocenters. The summed E-state index contributed by atoms with van der Waals surface area (Å²) in [5.74, 6) is 1.22. The van der Waals surface area contributed by atoms with E-state index in [-0.39, 0.29) is 11.9 Å². The van der Waals surface area contributed by atoms with Crippen LogP contribution in [0.15, 0.2) is 40.9 Å². The maximum Gasteiger partial charge on any atom is 0.275 e. The van der Waals surface area contributed by atoms with Crippen LogP contribution < -0.4 is 0 Å². The van der Waals surface area contributed by atoms with E-state index in [0.717, 1.165) is 24.1 Å². The van der Waals surface area contributed by atoms with Gasteiger partial charge in [0.1, 0.15) is 11.7 Å². The number of amides is 1. The van der Waals surface area contributed by atoms with Crippen molar-refractivity contribution in [2.45, 2.75) is 38.6 Å². The molecule has 1 N–H and O–H groups in total. The van der Waals surface area contributed by atoms with Crippen molar-refractivity contribution in [1.29, 1.82) is 0 Å². The van der Waals surface area contributed by atoms with Crippen LogP contribution in [-0.2, 0) is 0 Å². The Morgan fingerprint density at radius 3 is 2.85 bits per heavy atom. The molecule has 0 saturated carbocycles. The third-order valence-electron chi connectivity index (χ3n) is 4.71. The minimum absolute atomic E-state index is 0.102. The smallest absolute Gasteiger partial charge is 0.275 e. The van der Waals surface area contributed by atoms with E-state index in [2.05, 4.69) is 34.2 Å². The molecule has 1 aliphatic rings. The van der Waals surface area contributed by atoms with E-state index >= 15 is 0 Å². The van der Waals surface area contributed by atoms with Gasteiger partial charge in [0.2, 0.25) is 11.7 Å². The summed E-state index contributed by atoms with van der Waals surface area (Å²) in [6.45, 7) is 4.78. The van der Waals surface area contributed by atoms with E-state index < -0.39 is 0 Å². The number of benzene rings is 1. The molecule has 2 aromatic heterocycles. The molecule has 1 aromatic carbocycles. The van der Waals surface area contributed by atoms with Crippen LogP contribution in [0, 0.1) is 0 Å². The van der Waals surface area contributed by atoms with Gasteiger partial charge in [0, 0.05) is 17.8 Å². The molecular formula is C19H21N5O2. The number of rotatable bonds is 4. The zero-order valence-corrected chi connectivity index (χ0v) is 14.8. The number of nitrogens with zero attached hydrogens (tertiary/aromatic N) is 4. The fourth-order valence-electron chi connectivity index (χ4n) is 3.23. The molecule has 1 aliphatic heterocycles. The molecule has 26 heavy (non-hydrogen) atoms. The number of nitrogens with one attached hydrogen (secondary N) is 1. The first-order valence-corrected chi connectivity index (χ1v) is 8.89. The van der Waals surface area contributed by atoms with Gasteiger partial charge >= 0.3 is 0 Å². The molecule has 3 aromatic rings. The molecule has 7 nitrogen and oxygen atoms in total. The highest BCUT2D eigenvalue weighted by atomic mass is 16.5. The van der Waals surface area contributed by atoms with E-state index in [9.17, 15) is 4.79 Å². The summed E-state index contributed by atoms with van der Waals surface area (Å²) in [5, 5.41) is 11.2. The van der Waals surface area contributed by atoms with Crippen molar-refractivity contribution in [2.75, 3.05) is 6.54 Å². The highest BCUT2D eigenvalue weighted by Crippen LogP contribution is 2.33. The van der Waals surface area contributed by atoms with Gasteiger partial charge in [0.15, 0.2) is 0 Å². The van der Waals surface area contributed by atoms with Gasteiger partial charge in [-0.1, -0.05) is 49.3 Å². The molecule has 1 saturated heterocycles. The van der Waals surface area contributed by atoms with Crippen molar-refractivity contribution in [3.05, 3.63) is 53.7 Å². The third-order valence-corrected chi connectivity index (χ3v) is 4.71. The van der Waals surface area contributed by atoms with Gasteiger partial charge in [0.25, 0.3) is 5.91 Å². The Morgan fingerprint density at radius 2 is 2.12 bits per heavy atom. The Hall–Kier alpha value is -2.96. The summed E-state index contributed by atoms with van der Waals surface area (Å²) < 4.78 is 5.48. The molecule has 0 aliphatic carbocycles. The zero-order chi connectivity index (χ0) is 18.1. The summed E-state index contributed by atoms with van der Waals surface area (Å²) in [7, 11) is 0. The van der Waals surface area contributed by atoms with Crippen LogP contribution in [0.5, 0.6) is 0 Å². The maximum atomic E-state index is 12.9. The number of aromatic amines is 1. The summed E-state index contributed by atoms with van der Waals surface area (Å²) >= 11 is 0. The van der Waals surface area contributed by atoms with Crippen LogP contribution >= 0.6 is 0 Å². The van der Waals surface area contributed by atoms with Crippen LogP contribution in [0.4, 0.5) is 0 Å². The van der Waals surface area contributed by atoms with Gasteiger partial charge in [-0.05, 0) is 24.8 Å². The Kier molecular flexibility index (Phi) is 4.28. The average molecular weight is 351 g/mol. The van der Waals surface area contributed by atoms with Crippen molar-refractivity contribution in [3.8, 4) is 11.4 Å². The normalized spacial score (nSPS) is 17.2. The van der Waals surface area contributed by atoms with Gasteiger partial charge in [0.05, 0.1) is 0 Å². The molecule has 0 spiro atoms. The number of H-pyrrole nitrogens is 1. The second kappa shape index (κ2) is 6.74. The number of hydrogen-bond donors (Lipinski definition) is 1. The first-order chi connectivity index (χ1) is 12.6. The van der Waals surface area contributed by atoms with Gasteiger partial charge in [-0.3, -0.25) is 9.89 Å². The van der Waals surface area contributed by atoms with E-state index in [0.29, 0.717) is 29.9 Å². The molecule has 3 heterocycles. The van der Waals surface area contributed by atoms with Crippen molar-refractivity contribution >= 4 is 5.91 Å². The minimum Gasteiger partial charge on any atom is -0.337 e. The SMILES string of the molecule is CC(C)c1cc(C(=O)N2CCC[C@H]2c2nc(-c3ccccc3)no2)n[nH]1. The molecule has 0 bridgehead atoms. The summed E-state index contributed by atoms with van der Waals surface area (Å²) in [6.07, 6.45) is 1.71. The Morgan fingerprint density at radius 1 is 1.31 bits per heavy atom. The number of likely N-dealkylation sites (tertiary alicyclic amines) is 1. The average Bonchev–Trinajstić information content (AvgIpc) is 3.41. The number of carbonyl (C=O) groups excluding carboxylic acids is 1. The molecule has 1 amide bonds. The van der Waals surface area contributed by atoms with Crippen LogP contribution in [0.3, 0.4) is 0 Å². The number of aromatic nitrogens is 4. The van der Waals surface area contributed by atoms with Gasteiger partial charge in [-0.25, -0.2) is 0 Å². The highest BCUT2D eigenvalue weighted by molar-refractivity contribution is 5.92. The monoisotopic (exact) mass is 351 g/mol. The number of hydrogen-bond acceptors (Lipinski definition) is 5. The van der Waals surface area contributed by atoms with E-state index in [1.54, 1.807) is 4.90 Å². The second-order valence-electron chi connectivity index (χ2n) is 6.84. The first kappa shape index (κ1) is 16.5. The van der Waals surface area contributed by atoms with Crippen LogP contribution in [0.1, 0.15) is 60.7 Å². The third kappa shape index (κ3) is 3.00. The highest BCUT2D eigenvalue weighted by Gasteiger charge is 2.35. The van der Waals surface area contributed by atoms with E-state index in [1.165, 1.54) is 0 Å². The molecule has 7 heteroatoms. The largest absolute Gasteiger partial charge is 0.337 e. The van der Waals surface area contributed by atoms with Crippen LogP contribution in [0.25, 0.3) is 11.4 Å². The Bertz CT molecular complexity index is 900. The minimum atomic E-state index is -0.202.